The van der Waals surface area contributed by atoms with Gasteiger partial charge in [-0.3, -0.25) is 9.59 Å². The molecule has 2 heterocycles. The van der Waals surface area contributed by atoms with Crippen LogP contribution in [-0.2, 0) is 25.8 Å². The number of aryl methyl sites for hydroxylation is 1. The molecule has 0 aliphatic carbocycles. The Labute approximate surface area is 218 Å². The van der Waals surface area contributed by atoms with E-state index in [1.165, 1.54) is 30.3 Å². The van der Waals surface area contributed by atoms with E-state index >= 15 is 0 Å². The number of rotatable bonds is 7. The Kier molecular flexibility index (Phi) is 6.46. The van der Waals surface area contributed by atoms with Gasteiger partial charge in [0.25, 0.3) is 5.91 Å². The third-order valence-corrected chi connectivity index (χ3v) is 8.41. The first kappa shape index (κ1) is 25.2. The molecule has 0 bridgehead atoms. The van der Waals surface area contributed by atoms with Gasteiger partial charge in [0, 0.05) is 29.1 Å². The van der Waals surface area contributed by atoms with Crippen LogP contribution in [0.15, 0.2) is 82.6 Å². The van der Waals surface area contributed by atoms with Crippen LogP contribution in [0.25, 0.3) is 22.8 Å². The van der Waals surface area contributed by atoms with Crippen LogP contribution in [0.5, 0.6) is 0 Å². The molecule has 0 radical (unpaired) electrons. The number of carboxylic acid groups (broad SMARTS) is 1. The van der Waals surface area contributed by atoms with E-state index in [9.17, 15) is 27.5 Å². The van der Waals surface area contributed by atoms with Crippen LogP contribution in [0.3, 0.4) is 0 Å². The number of aromatic amines is 1. The van der Waals surface area contributed by atoms with Crippen LogP contribution in [0, 0.1) is 12.7 Å². The summed E-state index contributed by atoms with van der Waals surface area (Å²) in [5.74, 6) is -1.91. The van der Waals surface area contributed by atoms with Crippen molar-refractivity contribution in [3.8, 4) is 11.1 Å². The van der Waals surface area contributed by atoms with Crippen molar-refractivity contribution >= 4 is 39.1 Å². The number of H-pyrrole nitrogens is 1. The summed E-state index contributed by atoms with van der Waals surface area (Å²) < 4.78 is 41.2. The highest BCUT2D eigenvalue weighted by molar-refractivity contribution is 7.91. The van der Waals surface area contributed by atoms with Gasteiger partial charge < -0.3 is 15.4 Å². The number of halogens is 1. The zero-order valence-electron chi connectivity index (χ0n) is 20.3. The molecular weight excluding hydrogens is 507 g/mol. The molecule has 0 unspecified atom stereocenters. The number of amides is 1. The van der Waals surface area contributed by atoms with Crippen LogP contribution in [0.2, 0.25) is 0 Å². The van der Waals surface area contributed by atoms with Gasteiger partial charge in [-0.15, -0.1) is 0 Å². The maximum Gasteiger partial charge on any atom is 0.303 e. The second kappa shape index (κ2) is 9.75. The number of hydrogen-bond acceptors (Lipinski definition) is 4. The van der Waals surface area contributed by atoms with Gasteiger partial charge in [0.05, 0.1) is 15.4 Å². The number of nitrogens with one attached hydrogen (secondary N) is 2. The van der Waals surface area contributed by atoms with E-state index in [0.29, 0.717) is 33.8 Å². The Morgan fingerprint density at radius 1 is 1.03 bits per heavy atom. The van der Waals surface area contributed by atoms with Crippen molar-refractivity contribution in [2.45, 2.75) is 29.6 Å². The first-order valence-electron chi connectivity index (χ1n) is 11.8. The Hall–Kier alpha value is -4.50. The minimum absolute atomic E-state index is 0.00570. The van der Waals surface area contributed by atoms with Gasteiger partial charge in [-0.05, 0) is 66.4 Å². The lowest BCUT2D eigenvalue weighted by atomic mass is 9.94. The lowest BCUT2D eigenvalue weighted by Gasteiger charge is -2.10. The highest BCUT2D eigenvalue weighted by atomic mass is 32.2. The number of sulfone groups is 1. The largest absolute Gasteiger partial charge is 0.481 e. The summed E-state index contributed by atoms with van der Waals surface area (Å²) in [6.07, 6.45) is 1.17. The van der Waals surface area contributed by atoms with Gasteiger partial charge in [-0.2, -0.15) is 0 Å². The number of anilines is 1. The van der Waals surface area contributed by atoms with E-state index in [-0.39, 0.29) is 33.8 Å². The minimum Gasteiger partial charge on any atom is -0.481 e. The fourth-order valence-corrected chi connectivity index (χ4v) is 6.54. The molecule has 0 saturated heterocycles. The average molecular weight is 531 g/mol. The average Bonchev–Trinajstić information content (AvgIpc) is 3.38. The van der Waals surface area contributed by atoms with E-state index in [4.69, 9.17) is 0 Å². The highest BCUT2D eigenvalue weighted by Crippen LogP contribution is 2.41. The van der Waals surface area contributed by atoms with E-state index in [0.717, 1.165) is 0 Å². The van der Waals surface area contributed by atoms with Crippen LogP contribution < -0.4 is 5.32 Å². The second-order valence-electron chi connectivity index (χ2n) is 8.93. The molecule has 192 valence electrons. The summed E-state index contributed by atoms with van der Waals surface area (Å²) >= 11 is 0. The third-order valence-electron chi connectivity index (χ3n) is 6.42. The molecule has 9 heteroatoms. The second-order valence-corrected chi connectivity index (χ2v) is 10.8. The molecule has 0 spiro atoms. The predicted octanol–water partition coefficient (Wildman–Crippen LogP) is 5.47. The first-order valence-corrected chi connectivity index (χ1v) is 13.3. The van der Waals surface area contributed by atoms with Crippen LogP contribution in [0.1, 0.15) is 28.9 Å². The number of carbonyl (C=O) groups is 2. The molecule has 1 amide bonds. The summed E-state index contributed by atoms with van der Waals surface area (Å²) in [4.78, 5) is 27.7. The van der Waals surface area contributed by atoms with Crippen LogP contribution in [0.4, 0.5) is 10.1 Å². The van der Waals surface area contributed by atoms with Crippen molar-refractivity contribution in [3.63, 3.8) is 0 Å². The van der Waals surface area contributed by atoms with Gasteiger partial charge in [-0.1, -0.05) is 42.5 Å². The number of hydrogen-bond donors (Lipinski definition) is 3. The molecule has 5 rings (SSSR count). The zero-order chi connectivity index (χ0) is 27.0. The zero-order valence-corrected chi connectivity index (χ0v) is 21.1. The number of aliphatic carboxylic acids is 1. The minimum atomic E-state index is -3.99. The molecule has 0 atom stereocenters. The fraction of sp³-hybridized carbons (Fsp3) is 0.103. The molecule has 1 aliphatic heterocycles. The predicted molar refractivity (Wildman–Crippen MR) is 142 cm³/mol. The lowest BCUT2D eigenvalue weighted by Crippen LogP contribution is -2.08. The van der Waals surface area contributed by atoms with Crippen molar-refractivity contribution in [2.24, 2.45) is 0 Å². The highest BCUT2D eigenvalue weighted by Gasteiger charge is 2.31. The van der Waals surface area contributed by atoms with E-state index < -0.39 is 27.5 Å². The standard InChI is InChI=1S/C29H23FN2O5S/c1-17-28(38(36,37)20-9-3-2-4-10-20)22(13-14-26(33)34)25(31-17)16-23-27-21(18-7-5-8-19(30)15-18)11-6-12-24(27)32-29(23)35/h2-12,15-16,31H,13-14H2,1H3,(H,32,35)(H,33,34)/b23-16-. The molecule has 1 aliphatic rings. The molecular formula is C29H23FN2O5S. The van der Waals surface area contributed by atoms with E-state index in [2.05, 4.69) is 10.3 Å². The smallest absolute Gasteiger partial charge is 0.303 e. The van der Waals surface area contributed by atoms with Crippen molar-refractivity contribution in [3.05, 3.63) is 101 Å². The third kappa shape index (κ3) is 4.52. The Morgan fingerprint density at radius 3 is 2.47 bits per heavy atom. The van der Waals surface area contributed by atoms with Gasteiger partial charge in [0.15, 0.2) is 0 Å². The number of fused-ring (bicyclic) bond motifs is 1. The van der Waals surface area contributed by atoms with Crippen molar-refractivity contribution in [1.82, 2.24) is 4.98 Å². The molecule has 4 aromatic rings. The number of carbonyl (C=O) groups excluding carboxylic acids is 1. The summed E-state index contributed by atoms with van der Waals surface area (Å²) in [5.41, 5.74) is 3.47. The van der Waals surface area contributed by atoms with Crippen molar-refractivity contribution in [1.29, 1.82) is 0 Å². The number of carboxylic acids is 1. The summed E-state index contributed by atoms with van der Waals surface area (Å²) in [6.45, 7) is 1.60. The van der Waals surface area contributed by atoms with Crippen LogP contribution in [-0.4, -0.2) is 30.4 Å². The monoisotopic (exact) mass is 530 g/mol. The topological polar surface area (TPSA) is 116 Å². The molecule has 3 N–H and O–H groups in total. The Balaban J connectivity index is 1.71. The van der Waals surface area contributed by atoms with E-state index in [1.807, 2.05) is 0 Å². The molecule has 38 heavy (non-hydrogen) atoms. The van der Waals surface area contributed by atoms with Gasteiger partial charge in [0.2, 0.25) is 9.84 Å². The summed E-state index contributed by atoms with van der Waals surface area (Å²) in [5, 5.41) is 12.2. The molecule has 0 saturated carbocycles. The van der Waals surface area contributed by atoms with Crippen molar-refractivity contribution in [2.75, 3.05) is 5.32 Å². The Morgan fingerprint density at radius 2 is 1.76 bits per heavy atom. The maximum atomic E-state index is 14.0. The Bertz CT molecular complexity index is 1720. The number of aromatic nitrogens is 1. The summed E-state index contributed by atoms with van der Waals surface area (Å²) in [7, 11) is -3.99. The number of benzene rings is 3. The van der Waals surface area contributed by atoms with E-state index in [1.54, 1.807) is 55.5 Å². The molecule has 1 aromatic heterocycles. The quantitative estimate of drug-likeness (QED) is 0.274. The lowest BCUT2D eigenvalue weighted by molar-refractivity contribution is -0.137. The van der Waals surface area contributed by atoms with Crippen LogP contribution >= 0.6 is 0 Å². The fourth-order valence-electron chi connectivity index (χ4n) is 4.80. The summed E-state index contributed by atoms with van der Waals surface area (Å²) in [6, 6.07) is 19.2. The first-order chi connectivity index (χ1) is 18.2. The van der Waals surface area contributed by atoms with Crippen molar-refractivity contribution < 1.29 is 27.5 Å². The SMILES string of the molecule is Cc1[nH]c(/C=C2\C(=O)Nc3cccc(-c4cccc(F)c4)c32)c(CCC(=O)O)c1S(=O)(=O)c1ccccc1. The van der Waals surface area contributed by atoms with Gasteiger partial charge in [0.1, 0.15) is 5.82 Å². The normalized spacial score (nSPS) is 13.9. The van der Waals surface area contributed by atoms with Gasteiger partial charge >= 0.3 is 5.97 Å². The molecule has 7 nitrogen and oxygen atoms in total. The molecule has 3 aromatic carbocycles. The molecule has 0 fully saturated rings. The van der Waals surface area contributed by atoms with Gasteiger partial charge in [-0.25, -0.2) is 12.8 Å². The maximum absolute atomic E-state index is 14.0.